The van der Waals surface area contributed by atoms with Crippen LogP contribution < -0.4 is 4.74 Å². The van der Waals surface area contributed by atoms with E-state index in [4.69, 9.17) is 14.2 Å². The first-order valence-electron chi connectivity index (χ1n) is 9.63. The second-order valence-electron chi connectivity index (χ2n) is 7.59. The molecule has 4 rings (SSSR count). The van der Waals surface area contributed by atoms with Gasteiger partial charge >= 0.3 is 5.97 Å². The Morgan fingerprint density at radius 3 is 2.92 bits per heavy atom. The van der Waals surface area contributed by atoms with Crippen molar-refractivity contribution in [2.45, 2.75) is 76.3 Å². The van der Waals surface area contributed by atoms with E-state index < -0.39 is 11.8 Å². The molecule has 6 heteroatoms. The van der Waals surface area contributed by atoms with E-state index in [0.29, 0.717) is 25.9 Å². The number of hydrogen-bond donors (Lipinski definition) is 2. The normalized spacial score (nSPS) is 29.4. The molecule has 0 aliphatic carbocycles. The summed E-state index contributed by atoms with van der Waals surface area (Å²) in [5, 5.41) is 19.9. The molecule has 1 spiro atoms. The van der Waals surface area contributed by atoms with Crippen LogP contribution in [0.1, 0.15) is 79.5 Å². The van der Waals surface area contributed by atoms with Gasteiger partial charge in [0.15, 0.2) is 0 Å². The smallest absolute Gasteiger partial charge is 0.343 e. The highest BCUT2D eigenvalue weighted by molar-refractivity contribution is 5.95. The van der Waals surface area contributed by atoms with Gasteiger partial charge in [-0.1, -0.05) is 26.2 Å². The number of rotatable bonds is 5. The number of carboxylic acids is 1. The zero-order valence-electron chi connectivity index (χ0n) is 15.1. The Hall–Kier alpha value is -1.79. The van der Waals surface area contributed by atoms with Crippen LogP contribution in [-0.4, -0.2) is 34.7 Å². The second-order valence-corrected chi connectivity index (χ2v) is 7.59. The first-order chi connectivity index (χ1) is 12.5. The molecule has 6 nitrogen and oxygen atoms in total. The van der Waals surface area contributed by atoms with Gasteiger partial charge in [0, 0.05) is 18.4 Å². The van der Waals surface area contributed by atoms with E-state index in [1.54, 1.807) is 6.07 Å². The monoisotopic (exact) mass is 362 g/mol. The number of aromatic hydroxyl groups is 1. The van der Waals surface area contributed by atoms with Crippen molar-refractivity contribution in [1.82, 2.24) is 0 Å². The van der Waals surface area contributed by atoms with Crippen LogP contribution in [0.15, 0.2) is 6.07 Å². The number of unbranched alkanes of at least 4 members (excludes halogenated alkanes) is 2. The fourth-order valence-corrected chi connectivity index (χ4v) is 4.51. The summed E-state index contributed by atoms with van der Waals surface area (Å²) < 4.78 is 18.3. The van der Waals surface area contributed by atoms with Crippen LogP contribution in [0.2, 0.25) is 0 Å². The molecule has 0 radical (unpaired) electrons. The number of ether oxygens (including phenoxy) is 3. The van der Waals surface area contributed by atoms with Gasteiger partial charge in [0.1, 0.15) is 17.1 Å². The van der Waals surface area contributed by atoms with Crippen LogP contribution >= 0.6 is 0 Å². The molecule has 3 aliphatic heterocycles. The first-order valence-corrected chi connectivity index (χ1v) is 9.63. The van der Waals surface area contributed by atoms with Gasteiger partial charge in [0.2, 0.25) is 5.79 Å². The second kappa shape index (κ2) is 6.74. The van der Waals surface area contributed by atoms with Crippen molar-refractivity contribution in [3.8, 4) is 11.5 Å². The summed E-state index contributed by atoms with van der Waals surface area (Å²) >= 11 is 0. The third-order valence-electron chi connectivity index (χ3n) is 5.71. The van der Waals surface area contributed by atoms with Crippen LogP contribution in [0.25, 0.3) is 0 Å². The number of aromatic carboxylic acids is 1. The maximum Gasteiger partial charge on any atom is 0.343 e. The van der Waals surface area contributed by atoms with Gasteiger partial charge in [-0.2, -0.15) is 0 Å². The maximum atomic E-state index is 11.7. The summed E-state index contributed by atoms with van der Waals surface area (Å²) in [6.07, 6.45) is 7.06. The van der Waals surface area contributed by atoms with Gasteiger partial charge in [-0.3, -0.25) is 0 Å². The Morgan fingerprint density at radius 2 is 2.23 bits per heavy atom. The van der Waals surface area contributed by atoms with Crippen LogP contribution in [0.5, 0.6) is 11.5 Å². The minimum atomic E-state index is -1.20. The van der Waals surface area contributed by atoms with Crippen molar-refractivity contribution in [2.75, 3.05) is 6.61 Å². The Morgan fingerprint density at radius 1 is 1.38 bits per heavy atom. The molecule has 0 amide bonds. The lowest BCUT2D eigenvalue weighted by Gasteiger charge is -2.44. The number of hydrogen-bond acceptors (Lipinski definition) is 5. The molecule has 1 saturated heterocycles. The molecule has 142 valence electrons. The van der Waals surface area contributed by atoms with E-state index >= 15 is 0 Å². The van der Waals surface area contributed by atoms with Crippen LogP contribution in [0.3, 0.4) is 0 Å². The van der Waals surface area contributed by atoms with Crippen molar-refractivity contribution < 1.29 is 29.2 Å². The SMILES string of the molecule is CCCCC[C@@H]1Cc2cc(O)c(C(=O)O)c3c2[C@@H](C[C@@]2(CCCO2)O3)O1. The van der Waals surface area contributed by atoms with Crippen molar-refractivity contribution >= 4 is 5.97 Å². The molecule has 3 atom stereocenters. The standard InChI is InChI=1S/C20H26O6/c1-2-3-4-6-13-9-12-10-14(21)17(19(22)23)18-16(12)15(25-13)11-20(26-18)7-5-8-24-20/h10,13,15,21H,2-9,11H2,1H3,(H,22,23)/t13-,15-,20-/m1/s1. The number of benzene rings is 1. The Balaban J connectivity index is 1.74. The van der Waals surface area contributed by atoms with Crippen molar-refractivity contribution in [3.05, 3.63) is 22.8 Å². The molecular weight excluding hydrogens is 336 g/mol. The average Bonchev–Trinajstić information content (AvgIpc) is 3.01. The molecule has 1 aromatic rings. The van der Waals surface area contributed by atoms with Gasteiger partial charge in [-0.05, 0) is 30.9 Å². The maximum absolute atomic E-state index is 11.7. The first kappa shape index (κ1) is 17.6. The van der Waals surface area contributed by atoms with E-state index in [9.17, 15) is 15.0 Å². The van der Waals surface area contributed by atoms with E-state index in [2.05, 4.69) is 6.92 Å². The predicted molar refractivity (Wildman–Crippen MR) is 93.7 cm³/mol. The zero-order chi connectivity index (χ0) is 18.3. The van der Waals surface area contributed by atoms with Crippen LogP contribution in [-0.2, 0) is 15.9 Å². The van der Waals surface area contributed by atoms with Gasteiger partial charge in [-0.25, -0.2) is 4.79 Å². The third-order valence-corrected chi connectivity index (χ3v) is 5.71. The highest BCUT2D eigenvalue weighted by Gasteiger charge is 2.49. The largest absolute Gasteiger partial charge is 0.507 e. The predicted octanol–water partition coefficient (Wildman–Crippen LogP) is 3.94. The number of carboxylic acid groups (broad SMARTS) is 1. The summed E-state index contributed by atoms with van der Waals surface area (Å²) in [6, 6.07) is 1.58. The quantitative estimate of drug-likeness (QED) is 0.772. The molecule has 0 aromatic heterocycles. The molecule has 0 saturated carbocycles. The zero-order valence-corrected chi connectivity index (χ0v) is 15.1. The topological polar surface area (TPSA) is 85.2 Å². The van der Waals surface area contributed by atoms with Gasteiger partial charge in [0.25, 0.3) is 0 Å². The van der Waals surface area contributed by atoms with Crippen molar-refractivity contribution in [2.24, 2.45) is 0 Å². The fourth-order valence-electron chi connectivity index (χ4n) is 4.51. The third kappa shape index (κ3) is 2.95. The molecule has 26 heavy (non-hydrogen) atoms. The minimum Gasteiger partial charge on any atom is -0.507 e. The summed E-state index contributed by atoms with van der Waals surface area (Å²) in [7, 11) is 0. The fraction of sp³-hybridized carbons (Fsp3) is 0.650. The van der Waals surface area contributed by atoms with E-state index in [-0.39, 0.29) is 29.3 Å². The summed E-state index contributed by atoms with van der Waals surface area (Å²) in [5.41, 5.74) is 1.54. The lowest BCUT2D eigenvalue weighted by atomic mass is 9.84. The van der Waals surface area contributed by atoms with Gasteiger partial charge in [0.05, 0.1) is 18.8 Å². The minimum absolute atomic E-state index is 0.0820. The van der Waals surface area contributed by atoms with Gasteiger partial charge < -0.3 is 24.4 Å². The lowest BCUT2D eigenvalue weighted by Crippen LogP contribution is -2.44. The highest BCUT2D eigenvalue weighted by atomic mass is 16.7. The number of phenols is 1. The molecule has 1 aromatic carbocycles. The Labute approximate surface area is 153 Å². The van der Waals surface area contributed by atoms with Crippen molar-refractivity contribution in [1.29, 1.82) is 0 Å². The molecular formula is C20H26O6. The van der Waals surface area contributed by atoms with E-state index in [1.807, 2.05) is 0 Å². The molecule has 2 N–H and O–H groups in total. The molecule has 3 aliphatic rings. The average molecular weight is 362 g/mol. The highest BCUT2D eigenvalue weighted by Crippen LogP contribution is 2.53. The van der Waals surface area contributed by atoms with E-state index in [1.165, 1.54) is 6.42 Å². The summed E-state index contributed by atoms with van der Waals surface area (Å²) in [5.74, 6) is -2.04. The lowest BCUT2D eigenvalue weighted by molar-refractivity contribution is -0.197. The summed E-state index contributed by atoms with van der Waals surface area (Å²) in [6.45, 7) is 2.77. The number of carbonyl (C=O) groups is 1. The molecule has 1 fully saturated rings. The molecule has 3 heterocycles. The van der Waals surface area contributed by atoms with E-state index in [0.717, 1.165) is 36.8 Å². The van der Waals surface area contributed by atoms with Crippen molar-refractivity contribution in [3.63, 3.8) is 0 Å². The summed E-state index contributed by atoms with van der Waals surface area (Å²) in [4.78, 5) is 11.7. The van der Waals surface area contributed by atoms with Crippen LogP contribution in [0, 0.1) is 0 Å². The van der Waals surface area contributed by atoms with Crippen LogP contribution in [0.4, 0.5) is 0 Å². The van der Waals surface area contributed by atoms with Gasteiger partial charge in [-0.15, -0.1) is 0 Å². The molecule has 0 unspecified atom stereocenters. The molecule has 0 bridgehead atoms. The Bertz CT molecular complexity index is 707. The Kier molecular flexibility index (Phi) is 4.57.